The minimum absolute atomic E-state index is 0.0610. The lowest BCUT2D eigenvalue weighted by Crippen LogP contribution is -2.13. The van der Waals surface area contributed by atoms with Gasteiger partial charge in [0.1, 0.15) is 5.75 Å². The number of alkyl halides is 3. The molecule has 0 unspecified atom stereocenters. The number of rotatable bonds is 3. The number of ether oxygens (including phenoxy) is 1. The van der Waals surface area contributed by atoms with Crippen molar-refractivity contribution in [3.8, 4) is 5.75 Å². The van der Waals surface area contributed by atoms with Gasteiger partial charge in [0.25, 0.3) is 0 Å². The van der Waals surface area contributed by atoms with Gasteiger partial charge in [0.2, 0.25) is 0 Å². The molecule has 3 nitrogen and oxygen atoms in total. The van der Waals surface area contributed by atoms with Crippen molar-refractivity contribution in [3.63, 3.8) is 0 Å². The molecule has 0 aliphatic rings. The molecule has 0 amide bonds. The molecule has 3 N–H and O–H groups in total. The summed E-state index contributed by atoms with van der Waals surface area (Å²) in [5, 5.41) is 9.38. The van der Waals surface area contributed by atoms with Gasteiger partial charge >= 0.3 is 6.18 Å². The van der Waals surface area contributed by atoms with Crippen LogP contribution in [-0.2, 0) is 6.18 Å². The normalized spacial score (nSPS) is 13.6. The Morgan fingerprint density at radius 3 is 2.50 bits per heavy atom. The number of nitrogens with two attached hydrogens (primary N) is 1. The maximum atomic E-state index is 12.5. The number of benzene rings is 1. The Hall–Kier alpha value is -1.27. The molecule has 0 radical (unpaired) electrons. The molecule has 0 aliphatic carbocycles. The van der Waals surface area contributed by atoms with E-state index in [0.29, 0.717) is 5.56 Å². The SMILES string of the molecule is COc1cc([C@H](O)CN)ccc1C(F)(F)F. The molecule has 0 saturated carbocycles. The largest absolute Gasteiger partial charge is 0.496 e. The van der Waals surface area contributed by atoms with Crippen molar-refractivity contribution in [3.05, 3.63) is 29.3 Å². The number of aliphatic hydroxyl groups excluding tert-OH is 1. The van der Waals surface area contributed by atoms with Crippen molar-refractivity contribution in [2.24, 2.45) is 5.73 Å². The van der Waals surface area contributed by atoms with E-state index >= 15 is 0 Å². The average Bonchev–Trinajstić information content (AvgIpc) is 2.25. The first kappa shape index (κ1) is 12.8. The van der Waals surface area contributed by atoms with Gasteiger partial charge in [-0.25, -0.2) is 0 Å². The smallest absolute Gasteiger partial charge is 0.419 e. The predicted octanol–water partition coefficient (Wildman–Crippen LogP) is 1.71. The summed E-state index contributed by atoms with van der Waals surface area (Å²) in [4.78, 5) is 0. The fourth-order valence-electron chi connectivity index (χ4n) is 1.29. The molecule has 90 valence electrons. The lowest BCUT2D eigenvalue weighted by atomic mass is 10.1. The minimum atomic E-state index is -4.47. The molecule has 1 atom stereocenters. The minimum Gasteiger partial charge on any atom is -0.496 e. The fourth-order valence-corrected chi connectivity index (χ4v) is 1.29. The van der Waals surface area contributed by atoms with Gasteiger partial charge in [0.15, 0.2) is 0 Å². The average molecular weight is 235 g/mol. The first-order valence-electron chi connectivity index (χ1n) is 4.53. The third kappa shape index (κ3) is 2.65. The van der Waals surface area contributed by atoms with Crippen molar-refractivity contribution in [1.29, 1.82) is 0 Å². The van der Waals surface area contributed by atoms with E-state index in [9.17, 15) is 18.3 Å². The molecule has 1 aromatic rings. The Morgan fingerprint density at radius 1 is 1.44 bits per heavy atom. The van der Waals surface area contributed by atoms with Crippen molar-refractivity contribution in [2.75, 3.05) is 13.7 Å². The highest BCUT2D eigenvalue weighted by atomic mass is 19.4. The lowest BCUT2D eigenvalue weighted by molar-refractivity contribution is -0.138. The second-order valence-electron chi connectivity index (χ2n) is 3.21. The van der Waals surface area contributed by atoms with E-state index in [1.54, 1.807) is 0 Å². The van der Waals surface area contributed by atoms with Crippen molar-refractivity contribution in [1.82, 2.24) is 0 Å². The van der Waals surface area contributed by atoms with E-state index in [0.717, 1.165) is 19.2 Å². The number of halogens is 3. The van der Waals surface area contributed by atoms with Crippen molar-refractivity contribution < 1.29 is 23.0 Å². The quantitative estimate of drug-likeness (QED) is 0.838. The number of aliphatic hydroxyl groups is 1. The molecule has 0 bridgehead atoms. The summed E-state index contributed by atoms with van der Waals surface area (Å²) in [6, 6.07) is 3.19. The molecule has 0 spiro atoms. The Labute approximate surface area is 90.6 Å². The summed E-state index contributed by atoms with van der Waals surface area (Å²) >= 11 is 0. The zero-order valence-electron chi connectivity index (χ0n) is 8.58. The Bertz CT molecular complexity index is 366. The maximum absolute atomic E-state index is 12.5. The van der Waals surface area contributed by atoms with Crippen LogP contribution in [-0.4, -0.2) is 18.8 Å². The van der Waals surface area contributed by atoms with Gasteiger partial charge in [-0.1, -0.05) is 6.07 Å². The summed E-state index contributed by atoms with van der Waals surface area (Å²) in [5.74, 6) is -0.322. The van der Waals surface area contributed by atoms with E-state index in [1.165, 1.54) is 6.07 Å². The van der Waals surface area contributed by atoms with Crippen LogP contribution < -0.4 is 10.5 Å². The van der Waals surface area contributed by atoms with Gasteiger partial charge in [0, 0.05) is 6.54 Å². The number of hydrogen-bond acceptors (Lipinski definition) is 3. The lowest BCUT2D eigenvalue weighted by Gasteiger charge is -2.15. The number of methoxy groups -OCH3 is 1. The standard InChI is InChI=1S/C10H12F3NO2/c1-16-9-4-6(8(15)5-14)2-3-7(9)10(11,12)13/h2-4,8,15H,5,14H2,1H3/t8-/m1/s1. The Balaban J connectivity index is 3.17. The first-order chi connectivity index (χ1) is 7.40. The molecule has 0 saturated heterocycles. The van der Waals surface area contributed by atoms with Crippen LogP contribution in [0.3, 0.4) is 0 Å². The van der Waals surface area contributed by atoms with E-state index in [1.807, 2.05) is 0 Å². The predicted molar refractivity (Wildman–Crippen MR) is 52.0 cm³/mol. The highest BCUT2D eigenvalue weighted by molar-refractivity contribution is 5.40. The topological polar surface area (TPSA) is 55.5 Å². The van der Waals surface area contributed by atoms with Gasteiger partial charge < -0.3 is 15.6 Å². The second kappa shape index (κ2) is 4.71. The van der Waals surface area contributed by atoms with Crippen molar-refractivity contribution >= 4 is 0 Å². The Morgan fingerprint density at radius 2 is 2.06 bits per heavy atom. The van der Waals surface area contributed by atoms with Crippen LogP contribution in [0.5, 0.6) is 5.75 Å². The van der Waals surface area contributed by atoms with Crippen molar-refractivity contribution in [2.45, 2.75) is 12.3 Å². The van der Waals surface area contributed by atoms with Gasteiger partial charge in [-0.3, -0.25) is 0 Å². The maximum Gasteiger partial charge on any atom is 0.419 e. The van der Waals surface area contributed by atoms with Crippen LogP contribution in [0.15, 0.2) is 18.2 Å². The fraction of sp³-hybridized carbons (Fsp3) is 0.400. The van der Waals surface area contributed by atoms with Crippen LogP contribution in [0.25, 0.3) is 0 Å². The van der Waals surface area contributed by atoms with Gasteiger partial charge in [-0.15, -0.1) is 0 Å². The summed E-state index contributed by atoms with van der Waals surface area (Å²) in [6.07, 6.45) is -5.46. The molecule has 0 aromatic heterocycles. The molecule has 6 heteroatoms. The highest BCUT2D eigenvalue weighted by Crippen LogP contribution is 2.37. The molecule has 1 aromatic carbocycles. The van der Waals surface area contributed by atoms with Crippen LogP contribution >= 0.6 is 0 Å². The summed E-state index contributed by atoms with van der Waals surface area (Å²) in [7, 11) is 1.14. The monoisotopic (exact) mass is 235 g/mol. The summed E-state index contributed by atoms with van der Waals surface area (Å²) < 4.78 is 42.1. The van der Waals surface area contributed by atoms with Crippen LogP contribution in [0.2, 0.25) is 0 Å². The zero-order valence-corrected chi connectivity index (χ0v) is 8.58. The van der Waals surface area contributed by atoms with Gasteiger partial charge in [-0.05, 0) is 17.7 Å². The zero-order chi connectivity index (χ0) is 12.3. The van der Waals surface area contributed by atoms with E-state index in [-0.39, 0.29) is 12.3 Å². The third-order valence-corrected chi connectivity index (χ3v) is 2.14. The molecular weight excluding hydrogens is 223 g/mol. The van der Waals surface area contributed by atoms with Crippen LogP contribution in [0.1, 0.15) is 17.2 Å². The van der Waals surface area contributed by atoms with E-state index in [4.69, 9.17) is 5.73 Å². The first-order valence-corrected chi connectivity index (χ1v) is 4.53. The molecule has 16 heavy (non-hydrogen) atoms. The molecule has 0 aliphatic heterocycles. The summed E-state index contributed by atoms with van der Waals surface area (Å²) in [6.45, 7) is -0.0610. The number of hydrogen-bond donors (Lipinski definition) is 2. The third-order valence-electron chi connectivity index (χ3n) is 2.14. The molecule has 0 fully saturated rings. The Kier molecular flexibility index (Phi) is 3.77. The highest BCUT2D eigenvalue weighted by Gasteiger charge is 2.34. The van der Waals surface area contributed by atoms with E-state index in [2.05, 4.69) is 4.74 Å². The van der Waals surface area contributed by atoms with Gasteiger partial charge in [0.05, 0.1) is 18.8 Å². The molecule has 0 heterocycles. The van der Waals surface area contributed by atoms with E-state index < -0.39 is 17.8 Å². The van der Waals surface area contributed by atoms with Crippen LogP contribution in [0.4, 0.5) is 13.2 Å². The molecular formula is C10H12F3NO2. The van der Waals surface area contributed by atoms with Crippen LogP contribution in [0, 0.1) is 0 Å². The summed E-state index contributed by atoms with van der Waals surface area (Å²) in [5.41, 5.74) is 4.63. The van der Waals surface area contributed by atoms with Gasteiger partial charge in [-0.2, -0.15) is 13.2 Å². The molecule has 1 rings (SSSR count). The second-order valence-corrected chi connectivity index (χ2v) is 3.21.